The molecule has 0 fully saturated rings. The van der Waals surface area contributed by atoms with Gasteiger partial charge in [0.1, 0.15) is 5.75 Å². The molecule has 0 amide bonds. The zero-order valence-corrected chi connectivity index (χ0v) is 12.1. The van der Waals surface area contributed by atoms with Crippen molar-refractivity contribution in [3.8, 4) is 5.75 Å². The molecule has 2 aromatic carbocycles. The molecule has 1 N–H and O–H groups in total. The Morgan fingerprint density at radius 2 is 1.79 bits per heavy atom. The summed E-state index contributed by atoms with van der Waals surface area (Å²) < 4.78 is 6.16. The molecular weight excluding hydrogens is 234 g/mol. The van der Waals surface area contributed by atoms with Crippen LogP contribution in [0.3, 0.4) is 0 Å². The lowest BCUT2D eigenvalue weighted by Crippen LogP contribution is -2.16. The fourth-order valence-corrected chi connectivity index (χ4v) is 2.42. The molecule has 0 heterocycles. The van der Waals surface area contributed by atoms with E-state index in [1.807, 2.05) is 7.05 Å². The van der Waals surface area contributed by atoms with E-state index < -0.39 is 0 Å². The molecule has 0 radical (unpaired) electrons. The van der Waals surface area contributed by atoms with Crippen molar-refractivity contribution >= 4 is 10.8 Å². The van der Waals surface area contributed by atoms with Crippen LogP contribution in [-0.4, -0.2) is 13.2 Å². The van der Waals surface area contributed by atoms with E-state index in [1.54, 1.807) is 0 Å². The first-order chi connectivity index (χ1) is 9.30. The molecule has 2 aromatic rings. The maximum Gasteiger partial charge on any atom is 0.124 e. The van der Waals surface area contributed by atoms with Gasteiger partial charge in [0.2, 0.25) is 0 Å². The molecule has 19 heavy (non-hydrogen) atoms. The van der Waals surface area contributed by atoms with Crippen LogP contribution in [0, 0.1) is 0 Å². The highest BCUT2D eigenvalue weighted by Crippen LogP contribution is 2.29. The summed E-state index contributed by atoms with van der Waals surface area (Å²) in [6.07, 6.45) is 2.39. The van der Waals surface area contributed by atoms with E-state index >= 15 is 0 Å². The number of fused-ring (bicyclic) bond motifs is 1. The second-order valence-corrected chi connectivity index (χ2v) is 4.85. The predicted octanol–water partition coefficient (Wildman–Crippen LogP) is 4.13. The van der Waals surface area contributed by atoms with E-state index in [-0.39, 0.29) is 0 Å². The van der Waals surface area contributed by atoms with E-state index in [1.165, 1.54) is 16.3 Å². The summed E-state index contributed by atoms with van der Waals surface area (Å²) in [6, 6.07) is 12.7. The van der Waals surface area contributed by atoms with Crippen molar-refractivity contribution in [1.29, 1.82) is 0 Å². The third-order valence-corrected chi connectivity index (χ3v) is 3.56. The summed E-state index contributed by atoms with van der Waals surface area (Å²) in [5, 5.41) is 5.79. The molecule has 2 nitrogen and oxygen atoms in total. The van der Waals surface area contributed by atoms with Gasteiger partial charge in [-0.15, -0.1) is 0 Å². The van der Waals surface area contributed by atoms with Gasteiger partial charge in [-0.05, 0) is 36.7 Å². The second kappa shape index (κ2) is 6.58. The quantitative estimate of drug-likeness (QED) is 0.840. The SMILES string of the molecule is CCC(CC)Oc1ccc2ccccc2c1CNC. The third-order valence-electron chi connectivity index (χ3n) is 3.56. The lowest BCUT2D eigenvalue weighted by molar-refractivity contribution is 0.191. The molecule has 2 heteroatoms. The van der Waals surface area contributed by atoms with E-state index in [0.717, 1.165) is 25.1 Å². The minimum atomic E-state index is 0.303. The molecule has 0 unspecified atom stereocenters. The predicted molar refractivity (Wildman–Crippen MR) is 81.7 cm³/mol. The lowest BCUT2D eigenvalue weighted by atomic mass is 10.0. The van der Waals surface area contributed by atoms with Gasteiger partial charge >= 0.3 is 0 Å². The maximum absolute atomic E-state index is 6.16. The highest BCUT2D eigenvalue weighted by atomic mass is 16.5. The van der Waals surface area contributed by atoms with Crippen LogP contribution in [0.1, 0.15) is 32.3 Å². The Bertz CT molecular complexity index is 532. The Kier molecular flexibility index (Phi) is 4.80. The normalized spacial score (nSPS) is 11.2. The molecule has 0 spiro atoms. The average Bonchev–Trinajstić information content (AvgIpc) is 2.46. The zero-order chi connectivity index (χ0) is 13.7. The van der Waals surface area contributed by atoms with Crippen molar-refractivity contribution in [2.75, 3.05) is 7.05 Å². The number of rotatable bonds is 6. The molecule has 2 rings (SSSR count). The zero-order valence-electron chi connectivity index (χ0n) is 12.1. The molecular formula is C17H23NO. The van der Waals surface area contributed by atoms with E-state index in [4.69, 9.17) is 4.74 Å². The number of benzene rings is 2. The lowest BCUT2D eigenvalue weighted by Gasteiger charge is -2.19. The number of hydrogen-bond donors (Lipinski definition) is 1. The van der Waals surface area contributed by atoms with Gasteiger partial charge in [-0.2, -0.15) is 0 Å². The highest BCUT2D eigenvalue weighted by molar-refractivity contribution is 5.87. The summed E-state index contributed by atoms with van der Waals surface area (Å²) in [7, 11) is 1.97. The first-order valence-electron chi connectivity index (χ1n) is 7.12. The minimum Gasteiger partial charge on any atom is -0.490 e. The van der Waals surface area contributed by atoms with Gasteiger partial charge in [0.25, 0.3) is 0 Å². The van der Waals surface area contributed by atoms with Crippen LogP contribution in [-0.2, 0) is 6.54 Å². The van der Waals surface area contributed by atoms with Gasteiger partial charge in [0.15, 0.2) is 0 Å². The van der Waals surface area contributed by atoms with Gasteiger partial charge in [-0.3, -0.25) is 0 Å². The average molecular weight is 257 g/mol. The van der Waals surface area contributed by atoms with Gasteiger partial charge < -0.3 is 10.1 Å². The standard InChI is InChI=1S/C17H23NO/c1-4-14(5-2)19-17-11-10-13-8-6-7-9-15(13)16(17)12-18-3/h6-11,14,18H,4-5,12H2,1-3H3. The van der Waals surface area contributed by atoms with Gasteiger partial charge in [-0.1, -0.05) is 44.2 Å². The van der Waals surface area contributed by atoms with Gasteiger partial charge in [0.05, 0.1) is 6.10 Å². The topological polar surface area (TPSA) is 21.3 Å². The largest absolute Gasteiger partial charge is 0.490 e. The summed E-state index contributed by atoms with van der Waals surface area (Å²) >= 11 is 0. The summed E-state index contributed by atoms with van der Waals surface area (Å²) in [5.41, 5.74) is 1.26. The Morgan fingerprint density at radius 3 is 2.47 bits per heavy atom. The second-order valence-electron chi connectivity index (χ2n) is 4.85. The van der Waals surface area contributed by atoms with Gasteiger partial charge in [-0.25, -0.2) is 0 Å². The maximum atomic E-state index is 6.16. The molecule has 0 saturated heterocycles. The van der Waals surface area contributed by atoms with Crippen LogP contribution in [0.4, 0.5) is 0 Å². The molecule has 0 atom stereocenters. The summed E-state index contributed by atoms with van der Waals surface area (Å²) in [4.78, 5) is 0. The van der Waals surface area contributed by atoms with Crippen LogP contribution >= 0.6 is 0 Å². The Balaban J connectivity index is 2.44. The fraction of sp³-hybridized carbons (Fsp3) is 0.412. The highest BCUT2D eigenvalue weighted by Gasteiger charge is 2.11. The van der Waals surface area contributed by atoms with Crippen molar-refractivity contribution < 1.29 is 4.74 Å². The Morgan fingerprint density at radius 1 is 1.05 bits per heavy atom. The monoisotopic (exact) mass is 257 g/mol. The first kappa shape index (κ1) is 13.9. The minimum absolute atomic E-state index is 0.303. The molecule has 0 aromatic heterocycles. The number of ether oxygens (including phenoxy) is 1. The molecule has 0 aliphatic heterocycles. The number of hydrogen-bond acceptors (Lipinski definition) is 2. The van der Waals surface area contributed by atoms with Crippen LogP contribution in [0.15, 0.2) is 36.4 Å². The van der Waals surface area contributed by atoms with Crippen molar-refractivity contribution in [2.45, 2.75) is 39.3 Å². The molecule has 0 aliphatic carbocycles. The summed E-state index contributed by atoms with van der Waals surface area (Å²) in [5.74, 6) is 1.02. The molecule has 0 saturated carbocycles. The van der Waals surface area contributed by atoms with Crippen LogP contribution < -0.4 is 10.1 Å². The third kappa shape index (κ3) is 3.07. The van der Waals surface area contributed by atoms with Crippen molar-refractivity contribution in [2.24, 2.45) is 0 Å². The van der Waals surface area contributed by atoms with Crippen LogP contribution in [0.5, 0.6) is 5.75 Å². The molecule has 0 aliphatic rings. The van der Waals surface area contributed by atoms with Crippen LogP contribution in [0.25, 0.3) is 10.8 Å². The fourth-order valence-electron chi connectivity index (χ4n) is 2.42. The van der Waals surface area contributed by atoms with E-state index in [9.17, 15) is 0 Å². The molecule has 102 valence electrons. The van der Waals surface area contributed by atoms with Crippen molar-refractivity contribution in [3.05, 3.63) is 42.0 Å². The van der Waals surface area contributed by atoms with Crippen LogP contribution in [0.2, 0.25) is 0 Å². The smallest absolute Gasteiger partial charge is 0.124 e. The van der Waals surface area contributed by atoms with Crippen molar-refractivity contribution in [3.63, 3.8) is 0 Å². The van der Waals surface area contributed by atoms with Crippen molar-refractivity contribution in [1.82, 2.24) is 5.32 Å². The molecule has 0 bridgehead atoms. The summed E-state index contributed by atoms with van der Waals surface area (Å²) in [6.45, 7) is 5.18. The van der Waals surface area contributed by atoms with E-state index in [0.29, 0.717) is 6.10 Å². The first-order valence-corrected chi connectivity index (χ1v) is 7.12. The van der Waals surface area contributed by atoms with Gasteiger partial charge in [0, 0.05) is 12.1 Å². The Hall–Kier alpha value is -1.54. The van der Waals surface area contributed by atoms with E-state index in [2.05, 4.69) is 55.6 Å². The Labute approximate surface area is 115 Å². The number of nitrogens with one attached hydrogen (secondary N) is 1.